The van der Waals surface area contributed by atoms with E-state index in [4.69, 9.17) is 4.74 Å². The van der Waals surface area contributed by atoms with E-state index in [1.54, 1.807) is 12.4 Å². The maximum Gasteiger partial charge on any atom is 0.103 e. The summed E-state index contributed by atoms with van der Waals surface area (Å²) >= 11 is 0. The molecule has 3 heterocycles. The van der Waals surface area contributed by atoms with E-state index in [-0.39, 0.29) is 20.1 Å². The van der Waals surface area contributed by atoms with Crippen LogP contribution in [0.2, 0.25) is 0 Å². The molecular weight excluding hydrogens is 561 g/mol. The molecule has 1 aliphatic rings. The number of nitrogens with zero attached hydrogens (tertiary/aromatic N) is 2. The maximum absolute atomic E-state index is 5.78. The SMILES string of the molecule is [Ir].[c-]1cc2ccccc2c2c1-c1ncccc1OC2.[c-]1ccccc1-c1ccccn1. The fourth-order valence-electron chi connectivity index (χ4n) is 3.55. The number of fused-ring (bicyclic) bond motifs is 5. The van der Waals surface area contributed by atoms with E-state index in [9.17, 15) is 0 Å². The Labute approximate surface area is 195 Å². The van der Waals surface area contributed by atoms with Crippen molar-refractivity contribution in [3.63, 3.8) is 0 Å². The molecule has 0 N–H and O–H groups in total. The first kappa shape index (κ1) is 20.9. The van der Waals surface area contributed by atoms with Gasteiger partial charge < -0.3 is 14.7 Å². The molecule has 1 radical (unpaired) electrons. The Morgan fingerprint density at radius 2 is 1.61 bits per heavy atom. The van der Waals surface area contributed by atoms with Crippen LogP contribution in [0.4, 0.5) is 0 Å². The first-order valence-electron chi connectivity index (χ1n) is 9.79. The molecular formula is C27H18IrN2O-2. The van der Waals surface area contributed by atoms with Gasteiger partial charge in [0.1, 0.15) is 5.75 Å². The van der Waals surface area contributed by atoms with Crippen LogP contribution in [0, 0.1) is 12.1 Å². The molecule has 0 fully saturated rings. The van der Waals surface area contributed by atoms with Crippen LogP contribution in [0.1, 0.15) is 5.56 Å². The second-order valence-corrected chi connectivity index (χ2v) is 6.86. The minimum absolute atomic E-state index is 0. The predicted molar refractivity (Wildman–Crippen MR) is 119 cm³/mol. The summed E-state index contributed by atoms with van der Waals surface area (Å²) in [7, 11) is 0. The maximum atomic E-state index is 5.78. The van der Waals surface area contributed by atoms with Crippen molar-refractivity contribution >= 4 is 10.8 Å². The van der Waals surface area contributed by atoms with Gasteiger partial charge in [0.25, 0.3) is 0 Å². The zero-order valence-corrected chi connectivity index (χ0v) is 19.0. The van der Waals surface area contributed by atoms with E-state index in [1.807, 2.05) is 66.7 Å². The second-order valence-electron chi connectivity index (χ2n) is 6.86. The summed E-state index contributed by atoms with van der Waals surface area (Å²) in [4.78, 5) is 8.63. The molecule has 5 aromatic rings. The molecule has 2 aromatic heterocycles. The fourth-order valence-corrected chi connectivity index (χ4v) is 3.55. The molecule has 6 rings (SSSR count). The summed E-state index contributed by atoms with van der Waals surface area (Å²) in [5.41, 5.74) is 5.15. The molecule has 0 saturated carbocycles. The van der Waals surface area contributed by atoms with Gasteiger partial charge in [-0.3, -0.25) is 0 Å². The zero-order valence-electron chi connectivity index (χ0n) is 16.6. The van der Waals surface area contributed by atoms with Gasteiger partial charge in [-0.25, -0.2) is 0 Å². The standard InChI is InChI=1S/C16H10NO.C11H8N.Ir/c1-2-5-12-11(4-1)7-8-13-14(12)10-18-15-6-3-9-17-16(13)15;1-2-6-10(7-3-1)11-8-4-5-9-12-11;/h1-7,9H,10H2;1-6,8-9H;/q2*-1;. The van der Waals surface area contributed by atoms with E-state index in [0.717, 1.165) is 28.3 Å². The summed E-state index contributed by atoms with van der Waals surface area (Å²) in [6.45, 7) is 0.589. The number of ether oxygens (including phenoxy) is 1. The Kier molecular flexibility index (Phi) is 6.51. The zero-order chi connectivity index (χ0) is 20.2. The number of hydrogen-bond acceptors (Lipinski definition) is 3. The Hall–Kier alpha value is -3.33. The van der Waals surface area contributed by atoms with Crippen molar-refractivity contribution < 1.29 is 24.8 Å². The Bertz CT molecular complexity index is 1250. The summed E-state index contributed by atoms with van der Waals surface area (Å²) in [6, 6.07) is 34.3. The van der Waals surface area contributed by atoms with Gasteiger partial charge in [0.05, 0.1) is 6.61 Å². The van der Waals surface area contributed by atoms with E-state index in [0.29, 0.717) is 6.61 Å². The van der Waals surface area contributed by atoms with Gasteiger partial charge in [-0.1, -0.05) is 52.7 Å². The Morgan fingerprint density at radius 1 is 0.774 bits per heavy atom. The number of aromatic nitrogens is 2. The molecule has 0 aliphatic carbocycles. The van der Waals surface area contributed by atoms with Crippen molar-refractivity contribution in [3.05, 3.63) is 115 Å². The average molecular weight is 579 g/mol. The molecule has 0 bridgehead atoms. The van der Waals surface area contributed by atoms with Crippen molar-refractivity contribution in [2.24, 2.45) is 0 Å². The number of hydrogen-bond donors (Lipinski definition) is 0. The molecule has 31 heavy (non-hydrogen) atoms. The molecule has 153 valence electrons. The van der Waals surface area contributed by atoms with Gasteiger partial charge in [-0.05, 0) is 23.9 Å². The summed E-state index contributed by atoms with van der Waals surface area (Å²) in [5.74, 6) is 0.844. The van der Waals surface area contributed by atoms with Crippen LogP contribution in [0.3, 0.4) is 0 Å². The van der Waals surface area contributed by atoms with Crippen molar-refractivity contribution in [2.75, 3.05) is 0 Å². The molecule has 0 saturated heterocycles. The van der Waals surface area contributed by atoms with Crippen LogP contribution in [-0.4, -0.2) is 9.97 Å². The van der Waals surface area contributed by atoms with Crippen molar-refractivity contribution in [2.45, 2.75) is 6.61 Å². The minimum atomic E-state index is 0. The summed E-state index contributed by atoms with van der Waals surface area (Å²) in [5, 5.41) is 2.42. The molecule has 3 nitrogen and oxygen atoms in total. The quantitative estimate of drug-likeness (QED) is 0.224. The van der Waals surface area contributed by atoms with Gasteiger partial charge >= 0.3 is 0 Å². The number of benzene rings is 3. The molecule has 0 unspecified atom stereocenters. The number of pyridine rings is 2. The Morgan fingerprint density at radius 3 is 2.45 bits per heavy atom. The molecule has 0 amide bonds. The molecule has 0 atom stereocenters. The van der Waals surface area contributed by atoms with E-state index in [2.05, 4.69) is 40.3 Å². The van der Waals surface area contributed by atoms with Crippen LogP contribution >= 0.6 is 0 Å². The molecule has 0 spiro atoms. The monoisotopic (exact) mass is 579 g/mol. The molecule has 3 aromatic carbocycles. The van der Waals surface area contributed by atoms with Gasteiger partial charge in [0, 0.05) is 38.2 Å². The normalized spacial score (nSPS) is 11.1. The van der Waals surface area contributed by atoms with Crippen molar-refractivity contribution in [1.82, 2.24) is 9.97 Å². The van der Waals surface area contributed by atoms with Gasteiger partial charge in [0.2, 0.25) is 0 Å². The Balaban J connectivity index is 0.000000156. The van der Waals surface area contributed by atoms with Crippen molar-refractivity contribution in [1.29, 1.82) is 0 Å². The average Bonchev–Trinajstić information content (AvgIpc) is 2.85. The van der Waals surface area contributed by atoms with Crippen LogP contribution in [0.15, 0.2) is 97.3 Å². The first-order chi connectivity index (χ1) is 14.9. The second kappa shape index (κ2) is 9.65. The fraction of sp³-hybridized carbons (Fsp3) is 0.0370. The van der Waals surface area contributed by atoms with Gasteiger partial charge in [-0.2, -0.15) is 0 Å². The third-order valence-electron chi connectivity index (χ3n) is 4.99. The van der Waals surface area contributed by atoms with Crippen LogP contribution in [-0.2, 0) is 26.7 Å². The van der Waals surface area contributed by atoms with E-state index >= 15 is 0 Å². The minimum Gasteiger partial charge on any atom is -0.506 e. The van der Waals surface area contributed by atoms with Crippen LogP contribution < -0.4 is 4.74 Å². The summed E-state index contributed by atoms with van der Waals surface area (Å²) < 4.78 is 5.78. The molecule has 4 heteroatoms. The van der Waals surface area contributed by atoms with E-state index in [1.165, 1.54) is 16.3 Å². The first-order valence-corrected chi connectivity index (χ1v) is 9.79. The molecule has 1 aliphatic heterocycles. The van der Waals surface area contributed by atoms with Gasteiger partial charge in [0.15, 0.2) is 0 Å². The van der Waals surface area contributed by atoms with Crippen LogP contribution in [0.25, 0.3) is 33.3 Å². The smallest absolute Gasteiger partial charge is 0.103 e. The third kappa shape index (κ3) is 4.41. The van der Waals surface area contributed by atoms with Crippen LogP contribution in [0.5, 0.6) is 5.75 Å². The topological polar surface area (TPSA) is 35.0 Å². The van der Waals surface area contributed by atoms with Crippen molar-refractivity contribution in [3.8, 4) is 28.3 Å². The summed E-state index contributed by atoms with van der Waals surface area (Å²) in [6.07, 6.45) is 3.58. The van der Waals surface area contributed by atoms with E-state index < -0.39 is 0 Å². The predicted octanol–water partition coefficient (Wildman–Crippen LogP) is 6.14. The largest absolute Gasteiger partial charge is 0.506 e. The number of rotatable bonds is 1. The van der Waals surface area contributed by atoms with Gasteiger partial charge in [-0.15, -0.1) is 53.6 Å². The third-order valence-corrected chi connectivity index (χ3v) is 4.99.